The number of nitrogens with one attached hydrogen (secondary N) is 1. The fraction of sp³-hybridized carbons (Fsp3) is 0.217. The van der Waals surface area contributed by atoms with Crippen LogP contribution in [0.5, 0.6) is 5.75 Å². The molecule has 2 unspecified atom stereocenters. The molecule has 0 saturated heterocycles. The number of aromatic nitrogens is 1. The van der Waals surface area contributed by atoms with Crippen molar-refractivity contribution >= 4 is 5.91 Å². The van der Waals surface area contributed by atoms with Crippen LogP contribution in [0.1, 0.15) is 28.3 Å². The van der Waals surface area contributed by atoms with Gasteiger partial charge in [0.05, 0.1) is 18.6 Å². The number of aliphatic hydroxyl groups is 1. The predicted molar refractivity (Wildman–Crippen MR) is 106 cm³/mol. The van der Waals surface area contributed by atoms with Crippen molar-refractivity contribution in [2.75, 3.05) is 0 Å². The molecule has 2 N–H and O–H groups in total. The van der Waals surface area contributed by atoms with Gasteiger partial charge in [-0.2, -0.15) is 0 Å². The molecule has 1 aliphatic rings. The quantitative estimate of drug-likeness (QED) is 0.696. The Morgan fingerprint density at radius 2 is 1.96 bits per heavy atom. The lowest BCUT2D eigenvalue weighted by Gasteiger charge is -2.18. The minimum absolute atomic E-state index is 0.120. The van der Waals surface area contributed by atoms with Crippen LogP contribution < -0.4 is 10.1 Å². The first-order valence-electron chi connectivity index (χ1n) is 9.35. The van der Waals surface area contributed by atoms with Crippen LogP contribution in [0.25, 0.3) is 0 Å². The first-order chi connectivity index (χ1) is 13.7. The zero-order chi connectivity index (χ0) is 19.3. The molecule has 0 fully saturated rings. The van der Waals surface area contributed by atoms with Crippen molar-refractivity contribution in [1.29, 1.82) is 0 Å². The zero-order valence-electron chi connectivity index (χ0n) is 15.4. The van der Waals surface area contributed by atoms with Crippen LogP contribution in [0.3, 0.4) is 0 Å². The van der Waals surface area contributed by atoms with E-state index in [2.05, 4.69) is 10.3 Å². The number of hydrogen-bond acceptors (Lipinski definition) is 4. The maximum Gasteiger partial charge on any atom is 0.224 e. The maximum atomic E-state index is 12.5. The molecule has 0 spiro atoms. The van der Waals surface area contributed by atoms with Gasteiger partial charge in [-0.3, -0.25) is 9.78 Å². The molecule has 5 heteroatoms. The number of rotatable bonds is 6. The van der Waals surface area contributed by atoms with E-state index in [0.29, 0.717) is 18.8 Å². The van der Waals surface area contributed by atoms with Crippen LogP contribution in [0.4, 0.5) is 0 Å². The number of benzene rings is 2. The first-order valence-corrected chi connectivity index (χ1v) is 9.35. The molecule has 1 aliphatic carbocycles. The third-order valence-electron chi connectivity index (χ3n) is 4.91. The summed E-state index contributed by atoms with van der Waals surface area (Å²) in [6, 6.07) is 18.8. The molecule has 1 heterocycles. The largest absolute Gasteiger partial charge is 0.489 e. The summed E-state index contributed by atoms with van der Waals surface area (Å²) in [7, 11) is 0. The fourth-order valence-electron chi connectivity index (χ4n) is 3.55. The highest BCUT2D eigenvalue weighted by molar-refractivity contribution is 5.79. The average molecular weight is 374 g/mol. The second-order valence-corrected chi connectivity index (χ2v) is 6.99. The Balaban J connectivity index is 1.37. The van der Waals surface area contributed by atoms with Crippen molar-refractivity contribution in [2.24, 2.45) is 0 Å². The third-order valence-corrected chi connectivity index (χ3v) is 4.91. The monoisotopic (exact) mass is 374 g/mol. The van der Waals surface area contributed by atoms with Gasteiger partial charge in [0.2, 0.25) is 5.91 Å². The molecule has 28 heavy (non-hydrogen) atoms. The maximum absolute atomic E-state index is 12.5. The molecular formula is C23H22N2O3. The minimum atomic E-state index is -0.588. The van der Waals surface area contributed by atoms with E-state index in [1.807, 2.05) is 60.7 Å². The number of hydrogen-bond donors (Lipinski definition) is 2. The molecule has 2 aromatic carbocycles. The molecule has 2 atom stereocenters. The Bertz CT molecular complexity index is 959. The first kappa shape index (κ1) is 18.2. The summed E-state index contributed by atoms with van der Waals surface area (Å²) in [4.78, 5) is 16.6. The van der Waals surface area contributed by atoms with Crippen LogP contribution in [0.15, 0.2) is 73.1 Å². The van der Waals surface area contributed by atoms with Gasteiger partial charge in [0.1, 0.15) is 12.4 Å². The highest BCUT2D eigenvalue weighted by Gasteiger charge is 2.31. The van der Waals surface area contributed by atoms with Gasteiger partial charge in [-0.05, 0) is 34.9 Å². The van der Waals surface area contributed by atoms with E-state index in [1.54, 1.807) is 12.4 Å². The summed E-state index contributed by atoms with van der Waals surface area (Å²) in [5.74, 6) is 0.588. The van der Waals surface area contributed by atoms with E-state index in [-0.39, 0.29) is 18.4 Å². The van der Waals surface area contributed by atoms with Gasteiger partial charge in [-0.1, -0.05) is 42.5 Å². The van der Waals surface area contributed by atoms with Crippen molar-refractivity contribution in [1.82, 2.24) is 10.3 Å². The van der Waals surface area contributed by atoms with Gasteiger partial charge in [0, 0.05) is 24.4 Å². The van der Waals surface area contributed by atoms with Gasteiger partial charge in [0.15, 0.2) is 0 Å². The number of aliphatic hydroxyl groups excluding tert-OH is 1. The van der Waals surface area contributed by atoms with Gasteiger partial charge in [0.25, 0.3) is 0 Å². The van der Waals surface area contributed by atoms with Crippen LogP contribution in [0, 0.1) is 0 Å². The molecule has 0 aliphatic heterocycles. The molecular weight excluding hydrogens is 352 g/mol. The molecule has 0 saturated carbocycles. The molecule has 1 amide bonds. The molecule has 3 aromatic rings. The number of ether oxygens (including phenoxy) is 1. The summed E-state index contributed by atoms with van der Waals surface area (Å²) < 4.78 is 5.80. The van der Waals surface area contributed by atoms with Crippen LogP contribution in [0.2, 0.25) is 0 Å². The molecule has 142 valence electrons. The summed E-state index contributed by atoms with van der Waals surface area (Å²) in [5.41, 5.74) is 3.93. The van der Waals surface area contributed by atoms with Crippen molar-refractivity contribution < 1.29 is 14.6 Å². The minimum Gasteiger partial charge on any atom is -0.489 e. The Labute approximate surface area is 164 Å². The van der Waals surface area contributed by atoms with Gasteiger partial charge < -0.3 is 15.2 Å². The van der Waals surface area contributed by atoms with Gasteiger partial charge in [-0.25, -0.2) is 0 Å². The Morgan fingerprint density at radius 1 is 1.11 bits per heavy atom. The van der Waals surface area contributed by atoms with E-state index in [9.17, 15) is 9.90 Å². The second kappa shape index (κ2) is 8.23. The van der Waals surface area contributed by atoms with E-state index >= 15 is 0 Å². The van der Waals surface area contributed by atoms with E-state index in [1.165, 1.54) is 0 Å². The molecule has 0 radical (unpaired) electrons. The summed E-state index contributed by atoms with van der Waals surface area (Å²) in [6.07, 6.45) is 3.70. The summed E-state index contributed by atoms with van der Waals surface area (Å²) in [6.45, 7) is 0.425. The van der Waals surface area contributed by atoms with Crippen LogP contribution >= 0.6 is 0 Å². The number of fused-ring (bicyclic) bond motifs is 1. The number of carbonyl (C=O) groups excluding carboxylic acids is 1. The predicted octanol–water partition coefficient (Wildman–Crippen LogP) is 2.98. The number of amides is 1. The molecule has 0 bridgehead atoms. The Kier molecular flexibility index (Phi) is 5.35. The van der Waals surface area contributed by atoms with Crippen molar-refractivity contribution in [2.45, 2.75) is 31.6 Å². The fourth-order valence-corrected chi connectivity index (χ4v) is 3.55. The molecule has 1 aromatic heterocycles. The molecule has 4 rings (SSSR count). The average Bonchev–Trinajstić information content (AvgIpc) is 3.03. The normalized spacial score (nSPS) is 17.8. The van der Waals surface area contributed by atoms with Gasteiger partial charge >= 0.3 is 0 Å². The van der Waals surface area contributed by atoms with Gasteiger partial charge in [-0.15, -0.1) is 0 Å². The summed E-state index contributed by atoms with van der Waals surface area (Å²) >= 11 is 0. The molecule has 5 nitrogen and oxygen atoms in total. The lowest BCUT2D eigenvalue weighted by molar-refractivity contribution is -0.121. The number of nitrogens with zero attached hydrogens (tertiary/aromatic N) is 1. The number of pyridine rings is 1. The highest BCUT2D eigenvalue weighted by atomic mass is 16.5. The van der Waals surface area contributed by atoms with Crippen molar-refractivity contribution in [3.05, 3.63) is 95.3 Å². The number of carbonyl (C=O) groups is 1. The van der Waals surface area contributed by atoms with Crippen LogP contribution in [-0.4, -0.2) is 22.1 Å². The lowest BCUT2D eigenvalue weighted by Crippen LogP contribution is -2.34. The smallest absolute Gasteiger partial charge is 0.224 e. The lowest BCUT2D eigenvalue weighted by atomic mass is 10.1. The summed E-state index contributed by atoms with van der Waals surface area (Å²) in [5, 5.41) is 13.3. The standard InChI is InChI=1S/C23H22N2O3/c26-21-13-18-7-1-2-9-20(18)23(21)25-22(27)12-16-5-3-8-19(11-16)28-15-17-6-4-10-24-14-17/h1-11,14,21,23,26H,12-13,15H2,(H,25,27). The Hall–Kier alpha value is -3.18. The SMILES string of the molecule is O=C(Cc1cccc(OCc2cccnc2)c1)NC1c2ccccc2CC1O. The second-order valence-electron chi connectivity index (χ2n) is 6.99. The van der Waals surface area contributed by atoms with E-state index in [4.69, 9.17) is 4.74 Å². The van der Waals surface area contributed by atoms with E-state index < -0.39 is 6.10 Å². The van der Waals surface area contributed by atoms with Crippen molar-refractivity contribution in [3.63, 3.8) is 0 Å². The highest BCUT2D eigenvalue weighted by Crippen LogP contribution is 2.31. The Morgan fingerprint density at radius 3 is 2.82 bits per heavy atom. The zero-order valence-corrected chi connectivity index (χ0v) is 15.4. The van der Waals surface area contributed by atoms with Crippen LogP contribution in [-0.2, 0) is 24.2 Å². The third kappa shape index (κ3) is 4.21. The van der Waals surface area contributed by atoms with E-state index in [0.717, 1.165) is 22.3 Å². The van der Waals surface area contributed by atoms with Crippen molar-refractivity contribution in [3.8, 4) is 5.75 Å². The topological polar surface area (TPSA) is 71.5 Å².